The summed E-state index contributed by atoms with van der Waals surface area (Å²) in [4.78, 5) is 29.4. The third-order valence-corrected chi connectivity index (χ3v) is 6.92. The maximum absolute atomic E-state index is 12.5. The fourth-order valence-corrected chi connectivity index (χ4v) is 4.69. The first-order valence-electron chi connectivity index (χ1n) is 11.6. The molecule has 3 rings (SSSR count). The van der Waals surface area contributed by atoms with Crippen LogP contribution < -0.4 is 10.6 Å². The quantitative estimate of drug-likeness (QED) is 0.720. The van der Waals surface area contributed by atoms with Crippen LogP contribution in [0.25, 0.3) is 0 Å². The zero-order valence-electron chi connectivity index (χ0n) is 18.8. The van der Waals surface area contributed by atoms with Gasteiger partial charge in [-0.05, 0) is 36.3 Å². The van der Waals surface area contributed by atoms with Crippen LogP contribution in [0.3, 0.4) is 0 Å². The molecule has 1 saturated heterocycles. The molecule has 1 saturated carbocycles. The second-order valence-corrected chi connectivity index (χ2v) is 9.05. The molecule has 1 heterocycles. The Kier molecular flexibility index (Phi) is 8.28. The molecular weight excluding hydrogens is 376 g/mol. The maximum Gasteiger partial charge on any atom is 0.238 e. The first-order chi connectivity index (χ1) is 14.5. The molecule has 2 fully saturated rings. The normalized spacial score (nSPS) is 25.6. The summed E-state index contributed by atoms with van der Waals surface area (Å²) >= 11 is 0. The lowest BCUT2D eigenvalue weighted by molar-refractivity contribution is -0.124. The van der Waals surface area contributed by atoms with E-state index in [9.17, 15) is 9.59 Å². The fraction of sp³-hybridized carbons (Fsp3) is 0.667. The van der Waals surface area contributed by atoms with Crippen molar-refractivity contribution in [3.63, 3.8) is 0 Å². The Morgan fingerprint density at radius 1 is 0.967 bits per heavy atom. The highest BCUT2D eigenvalue weighted by atomic mass is 16.2. The Bertz CT molecular complexity index is 715. The Balaban J connectivity index is 1.38. The summed E-state index contributed by atoms with van der Waals surface area (Å²) in [6, 6.07) is 8.28. The molecule has 0 bridgehead atoms. The van der Waals surface area contributed by atoms with Gasteiger partial charge in [-0.2, -0.15) is 0 Å². The maximum atomic E-state index is 12.5. The van der Waals surface area contributed by atoms with Crippen molar-refractivity contribution in [2.45, 2.75) is 52.5 Å². The molecule has 0 aromatic heterocycles. The lowest BCUT2D eigenvalue weighted by atomic mass is 9.78. The summed E-state index contributed by atoms with van der Waals surface area (Å²) in [6.45, 7) is 10.8. The van der Waals surface area contributed by atoms with Gasteiger partial charge < -0.3 is 10.6 Å². The van der Waals surface area contributed by atoms with Crippen molar-refractivity contribution in [3.05, 3.63) is 29.8 Å². The molecule has 0 unspecified atom stereocenters. The van der Waals surface area contributed by atoms with E-state index in [0.717, 1.165) is 50.3 Å². The summed E-state index contributed by atoms with van der Waals surface area (Å²) in [5.74, 6) is 1.41. The first kappa shape index (κ1) is 22.8. The lowest BCUT2D eigenvalue weighted by Gasteiger charge is -2.36. The summed E-state index contributed by atoms with van der Waals surface area (Å²) in [6.07, 6.45) is 4.48. The minimum atomic E-state index is 0.0301. The predicted molar refractivity (Wildman–Crippen MR) is 121 cm³/mol. The Hall–Kier alpha value is -1.92. The highest BCUT2D eigenvalue weighted by Crippen LogP contribution is 2.29. The number of benzene rings is 1. The summed E-state index contributed by atoms with van der Waals surface area (Å²) in [7, 11) is 0. The number of nitrogens with zero attached hydrogens (tertiary/aromatic N) is 2. The number of para-hydroxylation sites is 1. The van der Waals surface area contributed by atoms with Crippen molar-refractivity contribution >= 4 is 17.5 Å². The predicted octanol–water partition coefficient (Wildman–Crippen LogP) is 2.75. The average Bonchev–Trinajstić information content (AvgIpc) is 2.73. The van der Waals surface area contributed by atoms with E-state index in [0.29, 0.717) is 31.0 Å². The summed E-state index contributed by atoms with van der Waals surface area (Å²) in [5, 5.41) is 6.32. The van der Waals surface area contributed by atoms with Crippen LogP contribution in [0, 0.1) is 11.8 Å². The van der Waals surface area contributed by atoms with Gasteiger partial charge >= 0.3 is 0 Å². The van der Waals surface area contributed by atoms with Crippen molar-refractivity contribution in [2.75, 3.05) is 44.6 Å². The van der Waals surface area contributed by atoms with Crippen molar-refractivity contribution < 1.29 is 9.59 Å². The molecule has 0 spiro atoms. The number of carbonyl (C=O) groups is 2. The number of piperazine rings is 1. The molecule has 1 aromatic carbocycles. The third-order valence-electron chi connectivity index (χ3n) is 6.92. The largest absolute Gasteiger partial charge is 0.352 e. The molecule has 30 heavy (non-hydrogen) atoms. The van der Waals surface area contributed by atoms with Crippen LogP contribution in [0.4, 0.5) is 5.69 Å². The fourth-order valence-electron chi connectivity index (χ4n) is 4.69. The van der Waals surface area contributed by atoms with Gasteiger partial charge in [-0.3, -0.25) is 19.4 Å². The molecule has 2 amide bonds. The minimum Gasteiger partial charge on any atom is -0.352 e. The standard InChI is InChI=1S/C24H38N4O2/c1-4-20-9-5-6-10-22(20)26-24(30)17-28-14-12-27(13-15-28)16-23(29)25-21-11-7-8-18(2)19(21)3/h5-6,9-10,18-19,21H,4,7-8,11-17H2,1-3H3,(H,25,29)(H,26,30)/t18-,19+,21-/m1/s1. The second-order valence-electron chi connectivity index (χ2n) is 9.05. The van der Waals surface area contributed by atoms with E-state index in [1.807, 2.05) is 24.3 Å². The Morgan fingerprint density at radius 2 is 1.60 bits per heavy atom. The van der Waals surface area contributed by atoms with Gasteiger partial charge in [0.1, 0.15) is 0 Å². The zero-order chi connectivity index (χ0) is 21.5. The number of nitrogens with one attached hydrogen (secondary N) is 2. The molecular formula is C24H38N4O2. The van der Waals surface area contributed by atoms with Crippen molar-refractivity contribution in [3.8, 4) is 0 Å². The molecule has 0 radical (unpaired) electrons. The smallest absolute Gasteiger partial charge is 0.238 e. The highest BCUT2D eigenvalue weighted by Gasteiger charge is 2.29. The van der Waals surface area contributed by atoms with E-state index in [2.05, 4.69) is 41.2 Å². The molecule has 166 valence electrons. The second kappa shape index (κ2) is 10.9. The van der Waals surface area contributed by atoms with E-state index in [1.54, 1.807) is 0 Å². The Morgan fingerprint density at radius 3 is 2.27 bits per heavy atom. The summed E-state index contributed by atoms with van der Waals surface area (Å²) < 4.78 is 0. The zero-order valence-corrected chi connectivity index (χ0v) is 18.8. The molecule has 1 aromatic rings. The van der Waals surface area contributed by atoms with Crippen LogP contribution in [0.2, 0.25) is 0 Å². The van der Waals surface area contributed by atoms with Crippen LogP contribution in [-0.2, 0) is 16.0 Å². The topological polar surface area (TPSA) is 64.7 Å². The number of aryl methyl sites for hydroxylation is 1. The lowest BCUT2D eigenvalue weighted by Crippen LogP contribution is -2.52. The van der Waals surface area contributed by atoms with Crippen LogP contribution in [0.5, 0.6) is 0 Å². The van der Waals surface area contributed by atoms with Gasteiger partial charge in [0.25, 0.3) is 0 Å². The van der Waals surface area contributed by atoms with E-state index in [4.69, 9.17) is 0 Å². The van der Waals surface area contributed by atoms with Crippen LogP contribution in [0.1, 0.15) is 45.6 Å². The van der Waals surface area contributed by atoms with Gasteiger partial charge in [-0.25, -0.2) is 0 Å². The number of amides is 2. The van der Waals surface area contributed by atoms with E-state index >= 15 is 0 Å². The number of anilines is 1. The van der Waals surface area contributed by atoms with E-state index < -0.39 is 0 Å². The molecule has 6 heteroatoms. The van der Waals surface area contributed by atoms with Gasteiger partial charge in [0.15, 0.2) is 0 Å². The third kappa shape index (κ3) is 6.29. The van der Waals surface area contributed by atoms with E-state index in [1.165, 1.54) is 12.8 Å². The number of hydrogen-bond donors (Lipinski definition) is 2. The van der Waals surface area contributed by atoms with Crippen molar-refractivity contribution in [1.29, 1.82) is 0 Å². The van der Waals surface area contributed by atoms with Crippen LogP contribution in [-0.4, -0.2) is 66.9 Å². The first-order valence-corrected chi connectivity index (χ1v) is 11.6. The number of carbonyl (C=O) groups excluding carboxylic acids is 2. The molecule has 1 aliphatic carbocycles. The van der Waals surface area contributed by atoms with Crippen molar-refractivity contribution in [1.82, 2.24) is 15.1 Å². The molecule has 2 N–H and O–H groups in total. The van der Waals surface area contributed by atoms with Gasteiger partial charge in [0, 0.05) is 37.9 Å². The summed E-state index contributed by atoms with van der Waals surface area (Å²) in [5.41, 5.74) is 2.06. The van der Waals surface area contributed by atoms with Gasteiger partial charge in [0.2, 0.25) is 11.8 Å². The van der Waals surface area contributed by atoms with E-state index in [-0.39, 0.29) is 11.8 Å². The average molecular weight is 415 g/mol. The van der Waals surface area contributed by atoms with Gasteiger partial charge in [-0.1, -0.05) is 51.8 Å². The van der Waals surface area contributed by atoms with Crippen LogP contribution in [0.15, 0.2) is 24.3 Å². The number of hydrogen-bond acceptors (Lipinski definition) is 4. The SMILES string of the molecule is CCc1ccccc1NC(=O)CN1CCN(CC(=O)N[C@@H]2CCC[C@@H](C)[C@@H]2C)CC1. The molecule has 2 aliphatic rings. The van der Waals surface area contributed by atoms with Gasteiger partial charge in [-0.15, -0.1) is 0 Å². The Labute approximate surface area is 181 Å². The van der Waals surface area contributed by atoms with Gasteiger partial charge in [0.05, 0.1) is 13.1 Å². The molecule has 1 aliphatic heterocycles. The highest BCUT2D eigenvalue weighted by molar-refractivity contribution is 5.93. The number of rotatable bonds is 7. The molecule has 6 nitrogen and oxygen atoms in total. The van der Waals surface area contributed by atoms with Crippen LogP contribution >= 0.6 is 0 Å². The minimum absolute atomic E-state index is 0.0301. The molecule has 3 atom stereocenters. The van der Waals surface area contributed by atoms with Crippen molar-refractivity contribution in [2.24, 2.45) is 11.8 Å². The monoisotopic (exact) mass is 414 g/mol.